The van der Waals surface area contributed by atoms with Crippen molar-refractivity contribution in [2.45, 2.75) is 31.4 Å². The van der Waals surface area contributed by atoms with Gasteiger partial charge in [-0.15, -0.1) is 0 Å². The maximum atomic E-state index is 11.9. The van der Waals surface area contributed by atoms with E-state index in [0.717, 1.165) is 36.0 Å². The molecule has 0 aliphatic carbocycles. The zero-order valence-corrected chi connectivity index (χ0v) is 15.8. The Morgan fingerprint density at radius 1 is 1.28 bits per heavy atom. The first-order valence-electron chi connectivity index (χ1n) is 8.66. The van der Waals surface area contributed by atoms with E-state index >= 15 is 0 Å². The lowest BCUT2D eigenvalue weighted by Crippen LogP contribution is -2.55. The molecule has 2 N–H and O–H groups in total. The summed E-state index contributed by atoms with van der Waals surface area (Å²) in [6, 6.07) is 9.31. The van der Waals surface area contributed by atoms with E-state index in [2.05, 4.69) is 9.62 Å². The molecular formula is C17H29N3O4S. The zero-order chi connectivity index (χ0) is 18.3. The monoisotopic (exact) mass is 371 g/mol. The number of nitrogens with zero attached hydrogens (tertiary/aromatic N) is 2. The fourth-order valence-electron chi connectivity index (χ4n) is 2.78. The van der Waals surface area contributed by atoms with Gasteiger partial charge in [-0.05, 0) is 44.5 Å². The van der Waals surface area contributed by atoms with Gasteiger partial charge in [0.2, 0.25) is 0 Å². The molecule has 8 heteroatoms. The van der Waals surface area contributed by atoms with Gasteiger partial charge in [0.15, 0.2) is 0 Å². The molecule has 7 nitrogen and oxygen atoms in total. The van der Waals surface area contributed by atoms with Crippen molar-refractivity contribution in [1.82, 2.24) is 13.9 Å². The molecule has 142 valence electrons. The minimum absolute atomic E-state index is 0.426. The third kappa shape index (κ3) is 6.56. The van der Waals surface area contributed by atoms with Crippen LogP contribution in [0.1, 0.15) is 19.3 Å². The molecule has 0 radical (unpaired) electrons. The van der Waals surface area contributed by atoms with Crippen molar-refractivity contribution in [3.05, 3.63) is 30.3 Å². The number of hydrogen-bond acceptors (Lipinski definition) is 5. The molecule has 1 heterocycles. The molecule has 0 unspecified atom stereocenters. The Morgan fingerprint density at radius 3 is 2.64 bits per heavy atom. The first-order chi connectivity index (χ1) is 11.9. The number of rotatable bonds is 9. The summed E-state index contributed by atoms with van der Waals surface area (Å²) in [5.41, 5.74) is 0. The summed E-state index contributed by atoms with van der Waals surface area (Å²) in [5.74, 6) is 0.881. The quantitative estimate of drug-likeness (QED) is 0.624. The van der Waals surface area contributed by atoms with E-state index in [4.69, 9.17) is 4.74 Å². The van der Waals surface area contributed by atoms with Crippen molar-refractivity contribution in [2.75, 3.05) is 40.3 Å². The highest BCUT2D eigenvalue weighted by atomic mass is 32.2. The Bertz CT molecular complexity index is 610. The third-order valence-electron chi connectivity index (χ3n) is 4.33. The summed E-state index contributed by atoms with van der Waals surface area (Å²) in [6.45, 7) is 2.81. The molecule has 25 heavy (non-hydrogen) atoms. The van der Waals surface area contributed by atoms with E-state index in [1.807, 2.05) is 30.3 Å². The van der Waals surface area contributed by atoms with Crippen LogP contribution in [-0.2, 0) is 10.2 Å². The lowest BCUT2D eigenvalue weighted by molar-refractivity contribution is 0.0466. The van der Waals surface area contributed by atoms with Crippen molar-refractivity contribution < 1.29 is 18.3 Å². The molecule has 1 aliphatic heterocycles. The highest BCUT2D eigenvalue weighted by molar-refractivity contribution is 7.87. The molecule has 0 amide bonds. The van der Waals surface area contributed by atoms with E-state index in [-0.39, 0.29) is 0 Å². The number of aliphatic hydroxyl groups is 1. The lowest BCUT2D eigenvalue weighted by Gasteiger charge is -2.36. The molecule has 1 saturated heterocycles. The number of β-amino-alcohol motifs (C(OH)–C–C–N with tert-alkyl or cyclic N) is 1. The highest BCUT2D eigenvalue weighted by Crippen LogP contribution is 2.14. The SMILES string of the molecule is CN(C)S(=O)(=O)N[C@@H]1CCN(CCCCOc2ccccc2)C[C@H]1O. The average Bonchev–Trinajstić information content (AvgIpc) is 2.57. The molecule has 2 rings (SSSR count). The molecule has 0 bridgehead atoms. The molecule has 0 aromatic heterocycles. The van der Waals surface area contributed by atoms with Crippen molar-refractivity contribution >= 4 is 10.2 Å². The van der Waals surface area contributed by atoms with Gasteiger partial charge in [0.05, 0.1) is 18.8 Å². The van der Waals surface area contributed by atoms with Gasteiger partial charge in [0.25, 0.3) is 10.2 Å². The molecule has 1 aliphatic rings. The summed E-state index contributed by atoms with van der Waals surface area (Å²) in [6.07, 6.45) is 1.84. The first-order valence-corrected chi connectivity index (χ1v) is 10.1. The van der Waals surface area contributed by atoms with Gasteiger partial charge in [-0.25, -0.2) is 0 Å². The normalized spacial score (nSPS) is 22.2. The number of benzene rings is 1. The number of unbranched alkanes of at least 4 members (excludes halogenated alkanes) is 1. The van der Waals surface area contributed by atoms with Gasteiger partial charge < -0.3 is 14.7 Å². The fraction of sp³-hybridized carbons (Fsp3) is 0.647. The summed E-state index contributed by atoms with van der Waals surface area (Å²) >= 11 is 0. The molecule has 1 aromatic carbocycles. The van der Waals surface area contributed by atoms with Crippen LogP contribution in [0.25, 0.3) is 0 Å². The number of nitrogens with one attached hydrogen (secondary N) is 1. The Kier molecular flexibility index (Phi) is 7.64. The molecular weight excluding hydrogens is 342 g/mol. The Hall–Kier alpha value is -1.19. The van der Waals surface area contributed by atoms with Crippen LogP contribution >= 0.6 is 0 Å². The van der Waals surface area contributed by atoms with Crippen molar-refractivity contribution in [3.8, 4) is 5.75 Å². The van der Waals surface area contributed by atoms with E-state index in [1.165, 1.54) is 14.1 Å². The number of ether oxygens (including phenoxy) is 1. The number of para-hydroxylation sites is 1. The first kappa shape index (κ1) is 20.1. The van der Waals surface area contributed by atoms with Crippen molar-refractivity contribution in [3.63, 3.8) is 0 Å². The van der Waals surface area contributed by atoms with Crippen molar-refractivity contribution in [2.24, 2.45) is 0 Å². The van der Waals surface area contributed by atoms with Crippen LogP contribution in [0.5, 0.6) is 5.75 Å². The second kappa shape index (κ2) is 9.49. The summed E-state index contributed by atoms with van der Waals surface area (Å²) in [4.78, 5) is 2.17. The van der Waals surface area contributed by atoms with E-state index in [0.29, 0.717) is 19.6 Å². The molecule has 0 spiro atoms. The van der Waals surface area contributed by atoms with Crippen LogP contribution in [0.2, 0.25) is 0 Å². The lowest BCUT2D eigenvalue weighted by atomic mass is 10.0. The summed E-state index contributed by atoms with van der Waals surface area (Å²) < 4.78 is 33.1. The van der Waals surface area contributed by atoms with Gasteiger partial charge in [-0.2, -0.15) is 17.4 Å². The van der Waals surface area contributed by atoms with Crippen LogP contribution in [0.15, 0.2) is 30.3 Å². The summed E-state index contributed by atoms with van der Waals surface area (Å²) in [5, 5.41) is 10.2. The predicted molar refractivity (Wildman–Crippen MR) is 97.8 cm³/mol. The number of hydrogen-bond donors (Lipinski definition) is 2. The number of piperidine rings is 1. The molecule has 0 saturated carbocycles. The number of aliphatic hydroxyl groups excluding tert-OH is 1. The van der Waals surface area contributed by atoms with E-state index < -0.39 is 22.4 Å². The minimum atomic E-state index is -3.51. The predicted octanol–water partition coefficient (Wildman–Crippen LogP) is 0.677. The van der Waals surface area contributed by atoms with E-state index in [1.54, 1.807) is 0 Å². The maximum absolute atomic E-state index is 11.9. The summed E-state index contributed by atoms with van der Waals surface area (Å²) in [7, 11) is -0.563. The zero-order valence-electron chi connectivity index (χ0n) is 15.0. The second-order valence-electron chi connectivity index (χ2n) is 6.54. The van der Waals surface area contributed by atoms with Gasteiger partial charge in [-0.1, -0.05) is 18.2 Å². The largest absolute Gasteiger partial charge is 0.494 e. The Morgan fingerprint density at radius 2 is 2.00 bits per heavy atom. The van der Waals surface area contributed by atoms with E-state index in [9.17, 15) is 13.5 Å². The fourth-order valence-corrected chi connectivity index (χ4v) is 3.65. The molecule has 1 aromatic rings. The highest BCUT2D eigenvalue weighted by Gasteiger charge is 2.31. The van der Waals surface area contributed by atoms with Gasteiger partial charge in [-0.3, -0.25) is 0 Å². The topological polar surface area (TPSA) is 82.1 Å². The van der Waals surface area contributed by atoms with Crippen LogP contribution < -0.4 is 9.46 Å². The Labute approximate surface area is 150 Å². The maximum Gasteiger partial charge on any atom is 0.279 e. The molecule has 2 atom stereocenters. The van der Waals surface area contributed by atoms with Crippen LogP contribution in [0.4, 0.5) is 0 Å². The minimum Gasteiger partial charge on any atom is -0.494 e. The Balaban J connectivity index is 1.64. The van der Waals surface area contributed by atoms with Gasteiger partial charge >= 0.3 is 0 Å². The van der Waals surface area contributed by atoms with Crippen LogP contribution in [0.3, 0.4) is 0 Å². The number of likely N-dealkylation sites (tertiary alicyclic amines) is 1. The standard InChI is InChI=1S/C17H29N3O4S/c1-19(2)25(22,23)18-16-10-12-20(14-17(16)21)11-6-7-13-24-15-8-4-3-5-9-15/h3-5,8-9,16-18,21H,6-7,10-14H2,1-2H3/t16-,17-/m1/s1. The average molecular weight is 372 g/mol. The van der Waals surface area contributed by atoms with Gasteiger partial charge in [0.1, 0.15) is 5.75 Å². The second-order valence-corrected chi connectivity index (χ2v) is 8.45. The third-order valence-corrected chi connectivity index (χ3v) is 5.89. The van der Waals surface area contributed by atoms with Crippen LogP contribution in [0, 0.1) is 0 Å². The molecule has 1 fully saturated rings. The van der Waals surface area contributed by atoms with Crippen LogP contribution in [-0.4, -0.2) is 75.2 Å². The smallest absolute Gasteiger partial charge is 0.279 e. The van der Waals surface area contributed by atoms with Gasteiger partial charge in [0, 0.05) is 20.6 Å². The van der Waals surface area contributed by atoms with Crippen molar-refractivity contribution in [1.29, 1.82) is 0 Å².